The van der Waals surface area contributed by atoms with Crippen LogP contribution in [-0.2, 0) is 105 Å². The second-order valence-electron chi connectivity index (χ2n) is 23.3. The second kappa shape index (κ2) is 53.1. The molecule has 39 heteroatoms. The zero-order chi connectivity index (χ0) is 73.5. The highest BCUT2D eigenvalue weighted by Crippen LogP contribution is 2.28. The van der Waals surface area contributed by atoms with Gasteiger partial charge in [0.1, 0.15) is 73.1 Å². The van der Waals surface area contributed by atoms with Crippen LogP contribution < -0.4 is 42.5 Å². The topological polar surface area (TPSA) is 536 Å². The van der Waals surface area contributed by atoms with Crippen molar-refractivity contribution < 1.29 is 151 Å². The summed E-state index contributed by atoms with van der Waals surface area (Å²) in [6.07, 6.45) is -15.5. The smallest absolute Gasteiger partial charge is 0.234 e. The van der Waals surface area contributed by atoms with Gasteiger partial charge in [0.05, 0.1) is 165 Å². The van der Waals surface area contributed by atoms with E-state index in [2.05, 4.69) is 42.5 Å². The number of aliphatic hydroxyl groups is 9. The van der Waals surface area contributed by atoms with Gasteiger partial charge in [0.15, 0.2) is 18.9 Å². The molecule has 3 aliphatic heterocycles. The van der Waals surface area contributed by atoms with Gasteiger partial charge in [0.2, 0.25) is 41.4 Å². The first-order valence-corrected chi connectivity index (χ1v) is 33.6. The van der Waals surface area contributed by atoms with E-state index in [0.717, 1.165) is 0 Å². The molecule has 39 nitrogen and oxygen atoms in total. The Morgan fingerprint density at radius 1 is 0.350 bits per heavy atom. The van der Waals surface area contributed by atoms with E-state index in [-0.39, 0.29) is 221 Å². The molecule has 0 aromatic rings. The molecule has 15 unspecified atom stereocenters. The van der Waals surface area contributed by atoms with Crippen LogP contribution in [0.2, 0.25) is 0 Å². The molecular weight excluding hydrogens is 1340 g/mol. The third-order valence-electron chi connectivity index (χ3n) is 15.5. The van der Waals surface area contributed by atoms with Gasteiger partial charge in [-0.25, -0.2) is 0 Å². The van der Waals surface area contributed by atoms with Crippen LogP contribution in [0.25, 0.3) is 0 Å². The summed E-state index contributed by atoms with van der Waals surface area (Å²) >= 11 is 0. The molecule has 0 aromatic heterocycles. The summed E-state index contributed by atoms with van der Waals surface area (Å²) in [5, 5.41) is 112. The molecule has 17 N–H and O–H groups in total. The molecule has 0 bridgehead atoms. The predicted octanol–water partition coefficient (Wildman–Crippen LogP) is -9.22. The highest BCUT2D eigenvalue weighted by atomic mass is 16.7. The van der Waals surface area contributed by atoms with Crippen LogP contribution in [0.15, 0.2) is 0 Å². The van der Waals surface area contributed by atoms with Crippen molar-refractivity contribution in [2.24, 2.45) is 0 Å². The van der Waals surface area contributed by atoms with E-state index >= 15 is 0 Å². The second-order valence-corrected chi connectivity index (χ2v) is 23.3. The Morgan fingerprint density at radius 2 is 0.590 bits per heavy atom. The van der Waals surface area contributed by atoms with Crippen molar-refractivity contribution in [1.29, 1.82) is 0 Å². The summed E-state index contributed by atoms with van der Waals surface area (Å²) in [6.45, 7) is 5.38. The number of hydrogen-bond donors (Lipinski definition) is 17. The molecular formula is C61H112N8O31. The van der Waals surface area contributed by atoms with E-state index in [1.54, 1.807) is 7.05 Å². The fraction of sp³-hybridized carbons (Fsp3) is 0.885. The first kappa shape index (κ1) is 89.5. The Morgan fingerprint density at radius 3 is 0.820 bits per heavy atom. The van der Waals surface area contributed by atoms with Crippen LogP contribution in [0.3, 0.4) is 0 Å². The van der Waals surface area contributed by atoms with E-state index in [1.165, 1.54) is 20.8 Å². The SMILES string of the molecule is CNCC(=O)NC(CCC(=O)NCCOCCOCCOCCOC1OC(CO)C(O)C(O)C1NC(C)=O)(CCC(=O)NCCOCCOCCOCCOC1OC(CO)C(O)C(O)C1NC(C)=O)CCC(=O)NCCOCCOCCOCCOC1OC(CO)C(O)C(O)C1NC(C)=O. The maximum Gasteiger partial charge on any atom is 0.234 e. The first-order valence-electron chi connectivity index (χ1n) is 33.6. The van der Waals surface area contributed by atoms with Gasteiger partial charge in [-0.2, -0.15) is 0 Å². The highest BCUT2D eigenvalue weighted by Gasteiger charge is 2.48. The monoisotopic (exact) mass is 1450 g/mol. The quantitative estimate of drug-likeness (QED) is 0.0252. The minimum Gasteiger partial charge on any atom is -0.394 e. The standard InChI is InChI=1S/C61H112N8O31/c1-39(73)66-49-55(83)52(80)42(36-70)98-58(49)95-32-29-92-26-23-89-20-17-86-14-11-63-45(76)5-8-61(69-48(79)35-62-4,9-6-46(77)64-12-15-87-18-21-90-24-27-93-30-33-96-59-50(67-40(2)74)56(84)53(81)43(37-71)99-59)10-7-47(78)65-13-16-88-19-22-91-25-28-94-31-34-97-60-51(68-41(3)75)57(85)54(82)44(38-72)100-60/h42-44,49-60,62,70-72,80-85H,5-38H2,1-4H3,(H,63,76)(H,64,77)(H,65,78)(H,66,73)(H,67,74)(H,68,75)(H,69,79). The minimum atomic E-state index is -1.44. The molecule has 100 heavy (non-hydrogen) atoms. The van der Waals surface area contributed by atoms with Crippen molar-refractivity contribution in [3.8, 4) is 0 Å². The molecule has 0 aliphatic carbocycles. The van der Waals surface area contributed by atoms with E-state index in [4.69, 9.17) is 71.1 Å². The number of rotatable bonds is 57. The van der Waals surface area contributed by atoms with Crippen molar-refractivity contribution >= 4 is 41.4 Å². The van der Waals surface area contributed by atoms with Crippen LogP contribution in [0.5, 0.6) is 0 Å². The van der Waals surface area contributed by atoms with Gasteiger partial charge in [0, 0.05) is 65.2 Å². The summed E-state index contributed by atoms with van der Waals surface area (Å²) in [7, 11) is 1.58. The molecule has 3 heterocycles. The fourth-order valence-electron chi connectivity index (χ4n) is 10.3. The van der Waals surface area contributed by atoms with Gasteiger partial charge in [-0.05, 0) is 26.3 Å². The zero-order valence-electron chi connectivity index (χ0n) is 57.7. The van der Waals surface area contributed by atoms with Crippen LogP contribution >= 0.6 is 0 Å². The van der Waals surface area contributed by atoms with Gasteiger partial charge < -0.3 is 160 Å². The summed E-state index contributed by atoms with van der Waals surface area (Å²) < 4.78 is 83.4. The van der Waals surface area contributed by atoms with E-state index in [1.807, 2.05) is 0 Å². The van der Waals surface area contributed by atoms with Crippen LogP contribution in [0.4, 0.5) is 0 Å². The number of likely N-dealkylation sites (N-methyl/N-ethyl adjacent to an activating group) is 1. The predicted molar refractivity (Wildman–Crippen MR) is 343 cm³/mol. The Kier molecular flexibility index (Phi) is 47.5. The summed E-state index contributed by atoms with van der Waals surface area (Å²) in [5.74, 6) is -2.99. The normalized spacial score (nSPS) is 25.9. The largest absolute Gasteiger partial charge is 0.394 e. The van der Waals surface area contributed by atoms with E-state index < -0.39 is 141 Å². The van der Waals surface area contributed by atoms with Crippen molar-refractivity contribution in [2.45, 2.75) is 157 Å². The summed E-state index contributed by atoms with van der Waals surface area (Å²) in [5.41, 5.74) is -1.20. The number of nitrogens with one attached hydrogen (secondary N) is 8. The molecule has 0 spiro atoms. The average Bonchev–Trinajstić information content (AvgIpc) is 0.824. The summed E-state index contributed by atoms with van der Waals surface area (Å²) in [4.78, 5) is 88.1. The Bertz CT molecular complexity index is 2040. The van der Waals surface area contributed by atoms with Crippen molar-refractivity contribution in [2.75, 3.05) is 192 Å². The number of hydrogen-bond acceptors (Lipinski definition) is 32. The third-order valence-corrected chi connectivity index (χ3v) is 15.5. The number of carbonyl (C=O) groups is 7. The highest BCUT2D eigenvalue weighted by molar-refractivity contribution is 5.81. The number of carbonyl (C=O) groups excluding carboxylic acids is 7. The fourth-order valence-corrected chi connectivity index (χ4v) is 10.3. The van der Waals surface area contributed by atoms with Crippen molar-refractivity contribution in [3.63, 3.8) is 0 Å². The maximum atomic E-state index is 13.3. The number of amides is 7. The van der Waals surface area contributed by atoms with E-state index in [0.29, 0.717) is 0 Å². The average molecular weight is 1450 g/mol. The molecule has 3 fully saturated rings. The molecule has 3 aliphatic rings. The molecule has 3 rings (SSSR count). The Balaban J connectivity index is 1.40. The third kappa shape index (κ3) is 36.6. The molecule has 582 valence electrons. The molecule has 15 atom stereocenters. The minimum absolute atomic E-state index is 0.00256. The van der Waals surface area contributed by atoms with Crippen LogP contribution in [0.1, 0.15) is 59.3 Å². The maximum absolute atomic E-state index is 13.3. The van der Waals surface area contributed by atoms with Crippen LogP contribution in [-0.4, -0.2) is 377 Å². The van der Waals surface area contributed by atoms with Crippen molar-refractivity contribution in [3.05, 3.63) is 0 Å². The van der Waals surface area contributed by atoms with Gasteiger partial charge in [-0.1, -0.05) is 0 Å². The zero-order valence-corrected chi connectivity index (χ0v) is 57.7. The van der Waals surface area contributed by atoms with Gasteiger partial charge >= 0.3 is 0 Å². The molecule has 0 radical (unpaired) electrons. The molecule has 3 saturated heterocycles. The van der Waals surface area contributed by atoms with Gasteiger partial charge in [-0.15, -0.1) is 0 Å². The van der Waals surface area contributed by atoms with E-state index in [9.17, 15) is 79.5 Å². The summed E-state index contributed by atoms with van der Waals surface area (Å²) in [6, 6.07) is -3.23. The Labute approximate surface area is 581 Å². The molecule has 0 saturated carbocycles. The number of aliphatic hydroxyl groups excluding tert-OH is 9. The lowest BCUT2D eigenvalue weighted by Crippen LogP contribution is -2.64. The molecule has 7 amide bonds. The first-order chi connectivity index (χ1) is 48.1. The lowest BCUT2D eigenvalue weighted by molar-refractivity contribution is -0.272. The number of ether oxygens (including phenoxy) is 15. The van der Waals surface area contributed by atoms with Gasteiger partial charge in [-0.3, -0.25) is 33.6 Å². The van der Waals surface area contributed by atoms with Gasteiger partial charge in [0.25, 0.3) is 0 Å². The molecule has 0 aromatic carbocycles. The lowest BCUT2D eigenvalue weighted by Gasteiger charge is -2.42. The lowest BCUT2D eigenvalue weighted by atomic mass is 9.83. The Hall–Kier alpha value is -4.71. The van der Waals surface area contributed by atoms with Crippen LogP contribution in [0, 0.1) is 0 Å². The van der Waals surface area contributed by atoms with Crippen molar-refractivity contribution in [1.82, 2.24) is 42.5 Å².